The molecule has 8 heteroatoms. The third-order valence-electron chi connectivity index (χ3n) is 2.88. The van der Waals surface area contributed by atoms with Gasteiger partial charge >= 0.3 is 5.69 Å². The summed E-state index contributed by atoms with van der Waals surface area (Å²) >= 11 is 10.0. The number of H-pyrrole nitrogens is 1. The number of aromatic amines is 1. The van der Waals surface area contributed by atoms with Crippen LogP contribution in [0.25, 0.3) is 4.48 Å². The predicted molar refractivity (Wildman–Crippen MR) is 84.3 cm³/mol. The first-order chi connectivity index (χ1) is 8.93. The van der Waals surface area contributed by atoms with Gasteiger partial charge in [-0.15, -0.1) is 0 Å². The average molecular weight is 459 g/mol. The van der Waals surface area contributed by atoms with Crippen LogP contribution in [0.4, 0.5) is 0 Å². The maximum absolute atomic E-state index is 11.9. The van der Waals surface area contributed by atoms with Gasteiger partial charge in [0.1, 0.15) is 6.23 Å². The number of nitrogens with zero attached hydrogens (tertiary/aromatic N) is 1. The van der Waals surface area contributed by atoms with E-state index in [4.69, 9.17) is 4.74 Å². The molecule has 1 fully saturated rings. The molecule has 1 aromatic rings. The van der Waals surface area contributed by atoms with Crippen molar-refractivity contribution in [2.24, 2.45) is 0 Å². The molecule has 1 aliphatic rings. The molecule has 3 atom stereocenters. The fourth-order valence-corrected chi connectivity index (χ4v) is 3.91. The fourth-order valence-electron chi connectivity index (χ4n) is 1.89. The summed E-state index contributed by atoms with van der Waals surface area (Å²) in [4.78, 5) is 25.9. The summed E-state index contributed by atoms with van der Waals surface area (Å²) in [5.74, 6) is 0. The molecule has 1 saturated heterocycles. The zero-order valence-corrected chi connectivity index (χ0v) is 14.5. The van der Waals surface area contributed by atoms with E-state index >= 15 is 0 Å². The third-order valence-corrected chi connectivity index (χ3v) is 4.91. The number of halogens is 3. The van der Waals surface area contributed by atoms with Gasteiger partial charge in [-0.2, -0.15) is 0 Å². The van der Waals surface area contributed by atoms with Crippen LogP contribution in [-0.2, 0) is 4.74 Å². The summed E-state index contributed by atoms with van der Waals surface area (Å²) in [5, 5.41) is 0.676. The second-order valence-electron chi connectivity index (χ2n) is 4.15. The number of hydrogen-bond donors (Lipinski definition) is 1. The number of nitrogens with one attached hydrogen (secondary N) is 1. The van der Waals surface area contributed by atoms with Crippen LogP contribution in [0.2, 0.25) is 0 Å². The van der Waals surface area contributed by atoms with Crippen LogP contribution < -0.4 is 11.2 Å². The van der Waals surface area contributed by atoms with Gasteiger partial charge in [0, 0.05) is 27.3 Å². The van der Waals surface area contributed by atoms with Crippen LogP contribution in [0.3, 0.4) is 0 Å². The molecule has 0 bridgehead atoms. The first-order valence-electron chi connectivity index (χ1n) is 5.49. The van der Waals surface area contributed by atoms with Gasteiger partial charge in [0.05, 0.1) is 11.7 Å². The Hall–Kier alpha value is -0.180. The van der Waals surface area contributed by atoms with Gasteiger partial charge in [0.15, 0.2) is 0 Å². The zero-order valence-electron chi connectivity index (χ0n) is 9.74. The molecule has 0 amide bonds. The van der Waals surface area contributed by atoms with E-state index < -0.39 is 17.5 Å². The van der Waals surface area contributed by atoms with Crippen molar-refractivity contribution in [1.82, 2.24) is 9.55 Å². The minimum absolute atomic E-state index is 0.0144. The molecule has 1 aliphatic heterocycles. The third kappa shape index (κ3) is 3.12. The summed E-state index contributed by atoms with van der Waals surface area (Å²) in [6.07, 6.45) is 1.71. The number of ether oxygens (including phenoxy) is 1. The van der Waals surface area contributed by atoms with Crippen molar-refractivity contribution in [1.29, 1.82) is 0 Å². The average Bonchev–Trinajstić information content (AvgIpc) is 2.69. The second-order valence-corrected chi connectivity index (χ2v) is 6.93. The molecule has 5 nitrogen and oxygen atoms in total. The largest absolute Gasteiger partial charge is 0.353 e. The highest BCUT2D eigenvalue weighted by Crippen LogP contribution is 2.33. The molecule has 0 aromatic carbocycles. The number of hydrogen-bond acceptors (Lipinski definition) is 3. The van der Waals surface area contributed by atoms with Crippen molar-refractivity contribution >= 4 is 52.3 Å². The Morgan fingerprint density at radius 2 is 2.26 bits per heavy atom. The Bertz CT molecular complexity index is 610. The lowest BCUT2D eigenvalue weighted by Gasteiger charge is -2.15. The summed E-state index contributed by atoms with van der Waals surface area (Å²) < 4.78 is 7.58. The molecule has 0 saturated carbocycles. The highest BCUT2D eigenvalue weighted by atomic mass is 79.9. The Morgan fingerprint density at radius 1 is 1.58 bits per heavy atom. The van der Waals surface area contributed by atoms with E-state index in [0.717, 1.165) is 0 Å². The monoisotopic (exact) mass is 456 g/mol. The second kappa shape index (κ2) is 6.07. The summed E-state index contributed by atoms with van der Waals surface area (Å²) in [6, 6.07) is 0. The zero-order chi connectivity index (χ0) is 14.2. The topological polar surface area (TPSA) is 64.1 Å². The smallest absolute Gasteiger partial charge is 0.330 e. The Morgan fingerprint density at radius 3 is 2.79 bits per heavy atom. The van der Waals surface area contributed by atoms with Crippen LogP contribution >= 0.6 is 47.8 Å². The van der Waals surface area contributed by atoms with Crippen LogP contribution in [-0.4, -0.2) is 25.8 Å². The quantitative estimate of drug-likeness (QED) is 0.707. The van der Waals surface area contributed by atoms with Gasteiger partial charge in [-0.25, -0.2) is 4.79 Å². The molecule has 0 spiro atoms. The van der Waals surface area contributed by atoms with Gasteiger partial charge in [-0.05, 0) is 0 Å². The highest BCUT2D eigenvalue weighted by molar-refractivity contribution is 9.15. The Labute approximate surface area is 134 Å². The number of rotatable bonds is 3. The van der Waals surface area contributed by atoms with Gasteiger partial charge in [-0.3, -0.25) is 14.3 Å². The Balaban J connectivity index is 2.41. The van der Waals surface area contributed by atoms with Crippen LogP contribution in [0.1, 0.15) is 18.2 Å². The highest BCUT2D eigenvalue weighted by Gasteiger charge is 2.34. The molecule has 2 heterocycles. The molecule has 19 heavy (non-hydrogen) atoms. The Kier molecular flexibility index (Phi) is 4.86. The lowest BCUT2D eigenvalue weighted by molar-refractivity contribution is 0.0112. The minimum Gasteiger partial charge on any atom is -0.353 e. The van der Waals surface area contributed by atoms with E-state index in [1.807, 2.05) is 0 Å². The van der Waals surface area contributed by atoms with Crippen LogP contribution in [0.5, 0.6) is 0 Å². The maximum atomic E-state index is 11.9. The molecule has 1 N–H and O–H groups in total. The summed E-state index contributed by atoms with van der Waals surface area (Å²) in [6.45, 7) is 3.65. The van der Waals surface area contributed by atoms with E-state index in [9.17, 15) is 9.59 Å². The molecule has 1 unspecified atom stereocenters. The predicted octanol–water partition coefficient (Wildman–Crippen LogP) is 2.35. The van der Waals surface area contributed by atoms with Gasteiger partial charge in [0.2, 0.25) is 0 Å². The molecule has 0 radical (unpaired) electrons. The molecule has 104 valence electrons. The maximum Gasteiger partial charge on any atom is 0.330 e. The summed E-state index contributed by atoms with van der Waals surface area (Å²) in [5.41, 5.74) is -0.632. The molecule has 2 rings (SSSR count). The number of aromatic nitrogens is 2. The van der Waals surface area contributed by atoms with Crippen molar-refractivity contribution in [3.63, 3.8) is 0 Å². The van der Waals surface area contributed by atoms with Crippen molar-refractivity contribution in [2.45, 2.75) is 23.6 Å². The van der Waals surface area contributed by atoms with E-state index in [-0.39, 0.29) is 10.9 Å². The standard InChI is InChI=1S/C11H11Br3N2O3/c1-5(13)6-4-16(11(18)15-10(6)17)9-2-7(14)8(3-12)19-9/h4,7-9H,1-3H2,(H,15,17,18)/t7?,8-,9-/m1/s1. The van der Waals surface area contributed by atoms with Crippen molar-refractivity contribution in [3.05, 3.63) is 39.2 Å². The number of alkyl halides is 2. The molecule has 1 aromatic heterocycles. The first kappa shape index (κ1) is 15.2. The van der Waals surface area contributed by atoms with Crippen molar-refractivity contribution < 1.29 is 4.74 Å². The molecular weight excluding hydrogens is 448 g/mol. The van der Waals surface area contributed by atoms with Gasteiger partial charge in [-0.1, -0.05) is 54.4 Å². The minimum atomic E-state index is -0.484. The van der Waals surface area contributed by atoms with E-state index in [1.54, 1.807) is 0 Å². The normalized spacial score (nSPS) is 26.6. The van der Waals surface area contributed by atoms with Crippen LogP contribution in [0.15, 0.2) is 22.4 Å². The van der Waals surface area contributed by atoms with Crippen molar-refractivity contribution in [2.75, 3.05) is 5.33 Å². The first-order valence-corrected chi connectivity index (χ1v) is 8.32. The van der Waals surface area contributed by atoms with Gasteiger partial charge < -0.3 is 4.74 Å². The molecule has 0 aliphatic carbocycles. The van der Waals surface area contributed by atoms with E-state index in [1.165, 1.54) is 10.8 Å². The lowest BCUT2D eigenvalue weighted by Crippen LogP contribution is -2.33. The summed E-state index contributed by atoms with van der Waals surface area (Å²) in [7, 11) is 0. The lowest BCUT2D eigenvalue weighted by atomic mass is 10.2. The van der Waals surface area contributed by atoms with E-state index in [0.29, 0.717) is 21.8 Å². The van der Waals surface area contributed by atoms with E-state index in [2.05, 4.69) is 59.4 Å². The SMILES string of the molecule is C=C(Br)c1cn([C@H]2CC(Br)[C@@H](CBr)O2)c(=O)[nH]c1=O. The van der Waals surface area contributed by atoms with Crippen LogP contribution in [0, 0.1) is 0 Å². The fraction of sp³-hybridized carbons (Fsp3) is 0.455. The van der Waals surface area contributed by atoms with Crippen molar-refractivity contribution in [3.8, 4) is 0 Å². The van der Waals surface area contributed by atoms with Gasteiger partial charge in [0.25, 0.3) is 5.56 Å². The molecular formula is C11H11Br3N2O3.